The van der Waals surface area contributed by atoms with Crippen LogP contribution in [-0.4, -0.2) is 8.07 Å². The summed E-state index contributed by atoms with van der Waals surface area (Å²) in [6, 6.07) is 1.41. The second-order valence-electron chi connectivity index (χ2n) is 6.61. The molecule has 0 N–H and O–H groups in total. The number of allylic oxidation sites excluding steroid dienone is 4. The van der Waals surface area contributed by atoms with Crippen molar-refractivity contribution in [1.29, 1.82) is 0 Å². The van der Waals surface area contributed by atoms with Crippen molar-refractivity contribution in [3.63, 3.8) is 0 Å². The molecule has 0 aromatic heterocycles. The zero-order chi connectivity index (χ0) is 11.0. The summed E-state index contributed by atoms with van der Waals surface area (Å²) in [6.07, 6.45) is 6.05. The van der Waals surface area contributed by atoms with Crippen molar-refractivity contribution >= 4 is 8.07 Å². The van der Waals surface area contributed by atoms with Gasteiger partial charge in [0, 0.05) is 0 Å². The van der Waals surface area contributed by atoms with Crippen LogP contribution in [0.15, 0.2) is 21.6 Å². The van der Waals surface area contributed by atoms with Crippen molar-refractivity contribution < 1.29 is 16.6 Å². The van der Waals surface area contributed by atoms with E-state index in [0.717, 1.165) is 0 Å². The average molecular weight is 244 g/mol. The molecule has 0 saturated carbocycles. The Morgan fingerprint density at radius 1 is 1.21 bits per heavy atom. The van der Waals surface area contributed by atoms with Crippen molar-refractivity contribution in [3.05, 3.63) is 21.6 Å². The van der Waals surface area contributed by atoms with Crippen LogP contribution in [0.3, 0.4) is 0 Å². The third kappa shape index (κ3) is 3.53. The molecule has 0 aromatic carbocycles. The molecule has 0 radical (unpaired) electrons. The van der Waals surface area contributed by atoms with E-state index in [9.17, 15) is 0 Å². The average Bonchev–Trinajstić information content (AvgIpc) is 2.29. The summed E-state index contributed by atoms with van der Waals surface area (Å²) in [4.78, 5) is 0. The number of hydrogen-bond donors (Lipinski definition) is 0. The number of hydrogen-bond acceptors (Lipinski definition) is 0. The summed E-state index contributed by atoms with van der Waals surface area (Å²) in [7, 11) is -0.911. The number of rotatable bonds is 3. The zero-order valence-electron chi connectivity index (χ0n) is 10.6. The van der Waals surface area contributed by atoms with Crippen LogP contribution in [0.25, 0.3) is 0 Å². The molecule has 0 aliphatic heterocycles. The molecule has 0 saturated heterocycles. The van der Waals surface area contributed by atoms with Gasteiger partial charge in [0.15, 0.2) is 0 Å². The van der Waals surface area contributed by atoms with Gasteiger partial charge in [-0.1, -0.05) is 0 Å². The second kappa shape index (κ2) is 4.11. The molecule has 1 rings (SSSR count). The van der Waals surface area contributed by atoms with E-state index in [1.54, 1.807) is 9.45 Å². The molecule has 0 bridgehead atoms. The standard InChI is InChI=1S/C9H15Si.3CH3.Ti/c1-10(2,3)8-9-6-4-5-7-9;;;;/h4-5H,6,8H2,1-3H3;3*1H3;. The zero-order valence-corrected chi connectivity index (χ0v) is 13.1. The first-order valence-electron chi connectivity index (χ1n) is 5.59. The van der Waals surface area contributed by atoms with Crippen LogP contribution in [0.1, 0.15) is 6.42 Å². The molecule has 1 aliphatic rings. The predicted octanol–water partition coefficient (Wildman–Crippen LogP) is 4.84. The molecular weight excluding hydrogens is 220 g/mol. The van der Waals surface area contributed by atoms with Gasteiger partial charge in [-0.3, -0.25) is 0 Å². The Hall–Kier alpha value is 0.411. The Kier molecular flexibility index (Phi) is 3.67. The minimum absolute atomic E-state index is 0.911. The summed E-state index contributed by atoms with van der Waals surface area (Å²) in [5, 5.41) is 7.53. The second-order valence-corrected chi connectivity index (χ2v) is 20.0. The van der Waals surface area contributed by atoms with Gasteiger partial charge in [-0.05, 0) is 0 Å². The quantitative estimate of drug-likeness (QED) is 0.623. The van der Waals surface area contributed by atoms with Gasteiger partial charge in [0.2, 0.25) is 0 Å². The summed E-state index contributed by atoms with van der Waals surface area (Å²) in [5.74, 6) is 0. The van der Waals surface area contributed by atoms with Gasteiger partial charge in [0.1, 0.15) is 0 Å². The Morgan fingerprint density at radius 3 is 2.21 bits per heavy atom. The monoisotopic (exact) mass is 244 g/mol. The molecule has 0 fully saturated rings. The van der Waals surface area contributed by atoms with E-state index in [1.165, 1.54) is 12.5 Å². The van der Waals surface area contributed by atoms with E-state index in [1.807, 2.05) is 0 Å². The third-order valence-corrected chi connectivity index (χ3v) is 7.40. The predicted molar refractivity (Wildman–Crippen MR) is 66.5 cm³/mol. The summed E-state index contributed by atoms with van der Waals surface area (Å²) in [5.41, 5.74) is 1.79. The Morgan fingerprint density at radius 2 is 1.79 bits per heavy atom. The van der Waals surface area contributed by atoms with Crippen LogP contribution >= 0.6 is 0 Å². The molecule has 0 unspecified atom stereocenters. The molecule has 0 aromatic rings. The summed E-state index contributed by atoms with van der Waals surface area (Å²) in [6.45, 7) is 7.43. The molecular formula is C12H24SiTi. The fourth-order valence-electron chi connectivity index (χ4n) is 2.13. The molecule has 2 heteroatoms. The van der Waals surface area contributed by atoms with E-state index < -0.39 is 24.7 Å². The van der Waals surface area contributed by atoms with Crippen molar-refractivity contribution in [3.8, 4) is 0 Å². The van der Waals surface area contributed by atoms with Crippen LogP contribution < -0.4 is 0 Å². The molecule has 0 nitrogen and oxygen atoms in total. The van der Waals surface area contributed by atoms with Crippen LogP contribution in [0.5, 0.6) is 0 Å². The van der Waals surface area contributed by atoms with Crippen molar-refractivity contribution in [2.24, 2.45) is 0 Å². The van der Waals surface area contributed by atoms with Crippen molar-refractivity contribution in [1.82, 2.24) is 0 Å². The fraction of sp³-hybridized carbons (Fsp3) is 0.667. The topological polar surface area (TPSA) is 0 Å². The summed E-state index contributed by atoms with van der Waals surface area (Å²) < 4.78 is 1.78. The van der Waals surface area contributed by atoms with Gasteiger partial charge in [-0.25, -0.2) is 0 Å². The fourth-order valence-corrected chi connectivity index (χ4v) is 6.94. The van der Waals surface area contributed by atoms with Gasteiger partial charge in [-0.15, -0.1) is 0 Å². The van der Waals surface area contributed by atoms with E-state index in [2.05, 4.69) is 47.5 Å². The normalized spacial score (nSPS) is 18.1. The Balaban J connectivity index is 2.88. The van der Waals surface area contributed by atoms with Gasteiger partial charge >= 0.3 is 94.1 Å². The first-order chi connectivity index (χ1) is 6.20. The minimum atomic E-state index is -1.56. The van der Waals surface area contributed by atoms with E-state index >= 15 is 0 Å². The van der Waals surface area contributed by atoms with Crippen molar-refractivity contribution in [2.75, 3.05) is 0 Å². The SMILES string of the molecule is C[Si](C)(C)CC1=[C]([Ti]([CH3])([CH3])[CH3])C=CC1. The molecule has 0 atom stereocenters. The third-order valence-electron chi connectivity index (χ3n) is 2.58. The van der Waals surface area contributed by atoms with Gasteiger partial charge in [-0.2, -0.15) is 0 Å². The maximum atomic E-state index is 2.51. The molecule has 80 valence electrons. The van der Waals surface area contributed by atoms with Crippen LogP contribution in [0.4, 0.5) is 0 Å². The Labute approximate surface area is 93.9 Å². The van der Waals surface area contributed by atoms with Gasteiger partial charge in [0.05, 0.1) is 0 Å². The maximum absolute atomic E-state index is 2.51. The van der Waals surface area contributed by atoms with Crippen molar-refractivity contribution in [2.45, 2.75) is 47.8 Å². The first kappa shape index (κ1) is 12.5. The Bertz CT molecular complexity index is 274. The van der Waals surface area contributed by atoms with Gasteiger partial charge < -0.3 is 0 Å². The molecule has 1 aliphatic carbocycles. The van der Waals surface area contributed by atoms with Crippen LogP contribution in [-0.2, 0) is 16.6 Å². The summed E-state index contributed by atoms with van der Waals surface area (Å²) >= 11 is -1.56. The van der Waals surface area contributed by atoms with Crippen LogP contribution in [0, 0.1) is 0 Å². The molecule has 14 heavy (non-hydrogen) atoms. The van der Waals surface area contributed by atoms with Crippen LogP contribution in [0.2, 0.25) is 41.4 Å². The molecule has 0 heterocycles. The van der Waals surface area contributed by atoms with Gasteiger partial charge in [0.25, 0.3) is 0 Å². The van der Waals surface area contributed by atoms with E-state index in [-0.39, 0.29) is 0 Å². The first-order valence-corrected chi connectivity index (χ1v) is 14.8. The molecule has 0 spiro atoms. The molecule has 0 amide bonds. The van der Waals surface area contributed by atoms with E-state index in [0.29, 0.717) is 0 Å². The van der Waals surface area contributed by atoms with E-state index in [4.69, 9.17) is 0 Å².